The van der Waals surface area contributed by atoms with E-state index in [1.807, 2.05) is 0 Å². The number of sulfonamides is 1. The summed E-state index contributed by atoms with van der Waals surface area (Å²) in [5.41, 5.74) is 0.517. The third-order valence-corrected chi connectivity index (χ3v) is 5.38. The maximum Gasteiger partial charge on any atom is 0.266 e. The molecule has 0 atom stereocenters. The zero-order valence-electron chi connectivity index (χ0n) is 14.3. The summed E-state index contributed by atoms with van der Waals surface area (Å²) in [5, 5.41) is 0. The Morgan fingerprint density at radius 1 is 1.41 bits per heavy atom. The van der Waals surface area contributed by atoms with Crippen molar-refractivity contribution in [3.05, 3.63) is 23.7 Å². The monoisotopic (exact) mass is 406 g/mol. The van der Waals surface area contributed by atoms with Crippen LogP contribution in [-0.2, 0) is 22.9 Å². The number of hydrogen-bond donors (Lipinski definition) is 2. The average molecular weight is 406 g/mol. The van der Waals surface area contributed by atoms with Crippen molar-refractivity contribution in [1.82, 2.24) is 15.0 Å². The van der Waals surface area contributed by atoms with Gasteiger partial charge in [0.05, 0.1) is 19.7 Å². The topological polar surface area (TPSA) is 106 Å². The molecule has 0 saturated heterocycles. The molecule has 27 heavy (non-hydrogen) atoms. The second-order valence-corrected chi connectivity index (χ2v) is 7.50. The lowest BCUT2D eigenvalue weighted by atomic mass is 9.95. The molecule has 2 aromatic rings. The fraction of sp³-hybridized carbons (Fsp3) is 0.467. The molecule has 0 bridgehead atoms. The first-order valence-electron chi connectivity index (χ1n) is 7.95. The molecule has 2 aromatic heterocycles. The third-order valence-electron chi connectivity index (χ3n) is 3.98. The highest BCUT2D eigenvalue weighted by Crippen LogP contribution is 2.36. The Bertz CT molecular complexity index is 933. The van der Waals surface area contributed by atoms with Crippen LogP contribution in [0.1, 0.15) is 17.7 Å². The Morgan fingerprint density at radius 3 is 2.89 bits per heavy atom. The van der Waals surface area contributed by atoms with Crippen molar-refractivity contribution >= 4 is 16.0 Å². The lowest BCUT2D eigenvalue weighted by molar-refractivity contribution is -0.0133. The minimum absolute atomic E-state index is 0.0550. The molecule has 1 aliphatic carbocycles. The number of alkyl halides is 3. The number of hydrogen-bond acceptors (Lipinski definition) is 6. The van der Waals surface area contributed by atoms with E-state index in [1.54, 1.807) is 0 Å². The average Bonchev–Trinajstić information content (AvgIpc) is 3.02. The normalized spacial score (nSPS) is 15.9. The molecule has 0 radical (unpaired) electrons. The minimum Gasteiger partial charge on any atom is -0.484 e. The molecule has 3 rings (SSSR count). The van der Waals surface area contributed by atoms with Gasteiger partial charge >= 0.3 is 0 Å². The predicted molar refractivity (Wildman–Crippen MR) is 88.6 cm³/mol. The summed E-state index contributed by atoms with van der Waals surface area (Å²) in [6.07, 6.45) is 1.28. The van der Waals surface area contributed by atoms with E-state index in [4.69, 9.17) is 9.47 Å². The Labute approximate surface area is 153 Å². The van der Waals surface area contributed by atoms with Gasteiger partial charge in [0.1, 0.15) is 18.2 Å². The Kier molecular flexibility index (Phi) is 5.18. The molecule has 0 aliphatic heterocycles. The van der Waals surface area contributed by atoms with Crippen molar-refractivity contribution in [3.63, 3.8) is 0 Å². The van der Waals surface area contributed by atoms with E-state index in [-0.39, 0.29) is 41.2 Å². The highest BCUT2D eigenvalue weighted by atomic mass is 32.2. The highest BCUT2D eigenvalue weighted by molar-refractivity contribution is 7.92. The first-order chi connectivity index (χ1) is 12.8. The van der Waals surface area contributed by atoms with Gasteiger partial charge in [-0.25, -0.2) is 31.3 Å². The number of halogens is 3. The standard InChI is InChI=1S/C15H17F3N4O4S/c1-25-13-11(26-5-4-16)7-20-14(21-13)22-27(23,24)12-8-19-10-6-15(17,18)3-2-9(10)12/h7-8,19H,2-6H2,1H3,(H,20,21,22). The van der Waals surface area contributed by atoms with Gasteiger partial charge in [-0.05, 0) is 12.0 Å². The first-order valence-corrected chi connectivity index (χ1v) is 9.43. The molecule has 0 saturated carbocycles. The molecule has 8 nitrogen and oxygen atoms in total. The van der Waals surface area contributed by atoms with E-state index < -0.39 is 35.5 Å². The summed E-state index contributed by atoms with van der Waals surface area (Å²) < 4.78 is 76.7. The van der Waals surface area contributed by atoms with Crippen molar-refractivity contribution in [2.24, 2.45) is 0 Å². The molecule has 1 aliphatic rings. The van der Waals surface area contributed by atoms with Gasteiger partial charge in [0, 0.05) is 18.3 Å². The smallest absolute Gasteiger partial charge is 0.266 e. The number of rotatable bonds is 7. The van der Waals surface area contributed by atoms with Gasteiger partial charge < -0.3 is 14.5 Å². The summed E-state index contributed by atoms with van der Waals surface area (Å²) in [5.74, 6) is -3.18. The Balaban J connectivity index is 1.84. The molecule has 0 fully saturated rings. The SMILES string of the molecule is COc1nc(NS(=O)(=O)c2c[nH]c3c2CCC(F)(F)C3)ncc1OCCF. The van der Waals surface area contributed by atoms with Crippen LogP contribution in [0, 0.1) is 0 Å². The molecule has 2 heterocycles. The highest BCUT2D eigenvalue weighted by Gasteiger charge is 2.38. The van der Waals surface area contributed by atoms with E-state index in [0.717, 1.165) is 6.20 Å². The summed E-state index contributed by atoms with van der Waals surface area (Å²) in [4.78, 5) is 10.2. The van der Waals surface area contributed by atoms with Crippen LogP contribution < -0.4 is 14.2 Å². The maximum absolute atomic E-state index is 13.5. The van der Waals surface area contributed by atoms with Crippen LogP contribution >= 0.6 is 0 Å². The van der Waals surface area contributed by atoms with Crippen molar-refractivity contribution in [3.8, 4) is 11.6 Å². The summed E-state index contributed by atoms with van der Waals surface area (Å²) in [6.45, 7) is -0.958. The largest absolute Gasteiger partial charge is 0.484 e. The van der Waals surface area contributed by atoms with Gasteiger partial charge in [-0.15, -0.1) is 0 Å². The lowest BCUT2D eigenvalue weighted by Gasteiger charge is -2.22. The van der Waals surface area contributed by atoms with Gasteiger partial charge in [0.25, 0.3) is 21.8 Å². The molecule has 0 spiro atoms. The quantitative estimate of drug-likeness (QED) is 0.729. The van der Waals surface area contributed by atoms with Crippen molar-refractivity contribution in [2.45, 2.75) is 30.1 Å². The van der Waals surface area contributed by atoms with Crippen LogP contribution in [0.3, 0.4) is 0 Å². The zero-order chi connectivity index (χ0) is 19.7. The zero-order valence-corrected chi connectivity index (χ0v) is 15.1. The van der Waals surface area contributed by atoms with Gasteiger partial charge in [-0.1, -0.05) is 0 Å². The third kappa shape index (κ3) is 4.10. The number of anilines is 1. The molecule has 0 unspecified atom stereocenters. The van der Waals surface area contributed by atoms with Crippen molar-refractivity contribution in [2.75, 3.05) is 25.1 Å². The number of H-pyrrole nitrogens is 1. The summed E-state index contributed by atoms with van der Waals surface area (Å²) >= 11 is 0. The molecule has 2 N–H and O–H groups in total. The van der Waals surface area contributed by atoms with Gasteiger partial charge in [0.2, 0.25) is 5.95 Å². The maximum atomic E-state index is 13.5. The van der Waals surface area contributed by atoms with Gasteiger partial charge in [-0.2, -0.15) is 4.98 Å². The number of aromatic nitrogens is 3. The van der Waals surface area contributed by atoms with Crippen LogP contribution in [0.2, 0.25) is 0 Å². The molecular weight excluding hydrogens is 389 g/mol. The van der Waals surface area contributed by atoms with Crippen molar-refractivity contribution in [1.29, 1.82) is 0 Å². The van der Waals surface area contributed by atoms with Gasteiger partial charge in [-0.3, -0.25) is 0 Å². The molecule has 0 aromatic carbocycles. The number of ether oxygens (including phenoxy) is 2. The van der Waals surface area contributed by atoms with E-state index in [0.29, 0.717) is 5.56 Å². The van der Waals surface area contributed by atoms with Crippen LogP contribution in [0.4, 0.5) is 19.1 Å². The van der Waals surface area contributed by atoms with Crippen LogP contribution in [0.5, 0.6) is 11.6 Å². The van der Waals surface area contributed by atoms with E-state index in [1.165, 1.54) is 13.3 Å². The van der Waals surface area contributed by atoms with Crippen molar-refractivity contribution < 1.29 is 31.1 Å². The molecule has 12 heteroatoms. The number of nitrogens with one attached hydrogen (secondary N) is 2. The minimum atomic E-state index is -4.11. The lowest BCUT2D eigenvalue weighted by Crippen LogP contribution is -2.26. The molecule has 148 valence electrons. The number of methoxy groups -OCH3 is 1. The first kappa shape index (κ1) is 19.3. The summed E-state index contributed by atoms with van der Waals surface area (Å²) in [7, 11) is -2.83. The van der Waals surface area contributed by atoms with Crippen LogP contribution in [0.15, 0.2) is 17.3 Å². The van der Waals surface area contributed by atoms with E-state index in [2.05, 4.69) is 19.7 Å². The Hall–Kier alpha value is -2.50. The predicted octanol–water partition coefficient (Wildman–Crippen LogP) is 2.09. The second kappa shape index (κ2) is 7.25. The number of fused-ring (bicyclic) bond motifs is 1. The molecule has 0 amide bonds. The second-order valence-electron chi connectivity index (χ2n) is 5.85. The van der Waals surface area contributed by atoms with Crippen LogP contribution in [-0.4, -0.2) is 49.7 Å². The fourth-order valence-electron chi connectivity index (χ4n) is 2.78. The summed E-state index contributed by atoms with van der Waals surface area (Å²) in [6, 6.07) is 0. The number of nitrogens with zero attached hydrogens (tertiary/aromatic N) is 2. The van der Waals surface area contributed by atoms with Crippen LogP contribution in [0.25, 0.3) is 0 Å². The van der Waals surface area contributed by atoms with E-state index >= 15 is 0 Å². The van der Waals surface area contributed by atoms with E-state index in [9.17, 15) is 21.6 Å². The fourth-order valence-corrected chi connectivity index (χ4v) is 3.99. The number of aromatic amines is 1. The Morgan fingerprint density at radius 2 is 2.19 bits per heavy atom. The van der Waals surface area contributed by atoms with Gasteiger partial charge in [0.15, 0.2) is 5.75 Å². The molecular formula is C15H17F3N4O4S.